The second kappa shape index (κ2) is 9.39. The molecule has 0 aliphatic heterocycles. The third-order valence-corrected chi connectivity index (χ3v) is 5.14. The number of nitrogens with two attached hydrogens (primary N) is 2. The first-order chi connectivity index (χ1) is 15.9. The maximum Gasteiger partial charge on any atom is 0.323 e. The van der Waals surface area contributed by atoms with Crippen molar-refractivity contribution in [3.05, 3.63) is 12.7 Å². The van der Waals surface area contributed by atoms with Crippen molar-refractivity contribution in [3.63, 3.8) is 0 Å². The zero-order valence-corrected chi connectivity index (χ0v) is 16.1. The molecule has 2 heterocycles. The summed E-state index contributed by atoms with van der Waals surface area (Å²) in [7, 11) is -4.07. The van der Waals surface area contributed by atoms with Gasteiger partial charge in [0.1, 0.15) is 24.2 Å². The van der Waals surface area contributed by atoms with Crippen molar-refractivity contribution in [1.82, 2.24) is 24.6 Å². The fraction of sp³-hybridized carbons (Fsp3) is 0.600. The predicted octanol–water partition coefficient (Wildman–Crippen LogP) is 0.784. The Bertz CT molecular complexity index is 1080. The van der Waals surface area contributed by atoms with Crippen molar-refractivity contribution < 1.29 is 33.1 Å². The molecule has 13 heteroatoms. The van der Waals surface area contributed by atoms with E-state index in [9.17, 15) is 9.36 Å². The van der Waals surface area contributed by atoms with Crippen LogP contribution in [0.25, 0.3) is 11.2 Å². The van der Waals surface area contributed by atoms with Crippen LogP contribution in [0.1, 0.15) is 37.1 Å². The minimum atomic E-state index is -4.07. The van der Waals surface area contributed by atoms with Crippen molar-refractivity contribution in [2.75, 3.05) is 12.1 Å². The maximum atomic E-state index is 12.9. The van der Waals surface area contributed by atoms with Crippen LogP contribution < -0.4 is 16.7 Å². The summed E-state index contributed by atoms with van der Waals surface area (Å²) < 4.78 is 80.6. The number of rotatable bonds is 10. The number of hydrogen-bond donors (Lipinski definition) is 3. The Balaban J connectivity index is 2.03. The number of carbonyl (C=O) groups is 1. The molecule has 12 nitrogen and oxygen atoms in total. The van der Waals surface area contributed by atoms with Gasteiger partial charge in [0.25, 0.3) is 0 Å². The van der Waals surface area contributed by atoms with Crippen molar-refractivity contribution in [1.29, 1.82) is 0 Å². The average molecular weight is 422 g/mol. The smallest absolute Gasteiger partial charge is 0.323 e. The van der Waals surface area contributed by atoms with Crippen LogP contribution in [-0.2, 0) is 30.0 Å². The first kappa shape index (κ1) is 14.0. The molecule has 3 atom stereocenters. The van der Waals surface area contributed by atoms with Crippen molar-refractivity contribution in [2.24, 2.45) is 5.90 Å². The molecule has 0 saturated carbocycles. The first-order valence-corrected chi connectivity index (χ1v) is 9.76. The average Bonchev–Trinajstić information content (AvgIpc) is 3.14. The number of esters is 1. The van der Waals surface area contributed by atoms with Crippen LogP contribution in [0.4, 0.5) is 5.82 Å². The molecule has 0 radical (unpaired) electrons. The largest absolute Gasteiger partial charge is 0.462 e. The van der Waals surface area contributed by atoms with Gasteiger partial charge in [-0.25, -0.2) is 30.6 Å². The topological polar surface area (TPSA) is 170 Å². The molecule has 0 saturated heterocycles. The van der Waals surface area contributed by atoms with Crippen LogP contribution in [0.15, 0.2) is 12.7 Å². The number of nitrogens with one attached hydrogen (secondary N) is 1. The summed E-state index contributed by atoms with van der Waals surface area (Å²) in [6.07, 6.45) is -2.04. The second-order valence-corrected chi connectivity index (χ2v) is 7.89. The highest BCUT2D eigenvalue weighted by Crippen LogP contribution is 2.41. The van der Waals surface area contributed by atoms with Gasteiger partial charge in [-0.05, 0) is 27.6 Å². The van der Waals surface area contributed by atoms with Gasteiger partial charge in [0.05, 0.1) is 26.4 Å². The van der Waals surface area contributed by atoms with E-state index in [0.29, 0.717) is 11.2 Å². The first-order valence-electron chi connectivity index (χ1n) is 11.4. The van der Waals surface area contributed by atoms with Gasteiger partial charge < -0.3 is 19.8 Å². The van der Waals surface area contributed by atoms with E-state index in [0.717, 1.165) is 6.92 Å². The molecule has 2 aromatic rings. The third-order valence-electron chi connectivity index (χ3n) is 3.53. The zero-order valence-electron chi connectivity index (χ0n) is 22.2. The number of ether oxygens (including phenoxy) is 2. The monoisotopic (exact) mass is 422 g/mol. The van der Waals surface area contributed by atoms with Gasteiger partial charge in [0.15, 0.2) is 11.5 Å². The number of fused-ring (bicyclic) bond motifs is 1. The summed E-state index contributed by atoms with van der Waals surface area (Å²) in [5.41, 5.74) is 6.59. The van der Waals surface area contributed by atoms with Crippen LogP contribution in [0.2, 0.25) is 0 Å². The minimum absolute atomic E-state index is 0.196. The SMILES string of the molecule is [2H]C([2H])([2H])C([2H])(OC(=O)[C@H](C)NP(=O)(CO[C@H](C)Cn1cnc2c(N)ncnc21)ON)C([2H])([2H])[2H]. The summed E-state index contributed by atoms with van der Waals surface area (Å²) >= 11 is 0. The van der Waals surface area contributed by atoms with Gasteiger partial charge in [-0.15, -0.1) is 0 Å². The number of nitrogen functional groups attached to an aromatic ring is 1. The lowest BCUT2D eigenvalue weighted by atomic mass is 10.4. The molecule has 5 N–H and O–H groups in total. The third kappa shape index (κ3) is 5.69. The second-order valence-electron chi connectivity index (χ2n) is 5.81. The Morgan fingerprint density at radius 2 is 2.18 bits per heavy atom. The minimum Gasteiger partial charge on any atom is -0.462 e. The molecule has 156 valence electrons. The van der Waals surface area contributed by atoms with Gasteiger partial charge in [-0.1, -0.05) is 0 Å². The van der Waals surface area contributed by atoms with E-state index in [-0.39, 0.29) is 12.4 Å². The predicted molar refractivity (Wildman–Crippen MR) is 102 cm³/mol. The maximum absolute atomic E-state index is 12.9. The van der Waals surface area contributed by atoms with Crippen LogP contribution in [0.5, 0.6) is 0 Å². The molecule has 28 heavy (non-hydrogen) atoms. The molecule has 1 unspecified atom stereocenters. The summed E-state index contributed by atoms with van der Waals surface area (Å²) in [5, 5.41) is 2.22. The number of anilines is 1. The zero-order chi connectivity index (χ0) is 26.8. The van der Waals surface area contributed by atoms with Crippen LogP contribution >= 0.6 is 7.52 Å². The number of nitrogens with zero attached hydrogens (tertiary/aromatic N) is 4. The molecular weight excluding hydrogens is 389 g/mol. The lowest BCUT2D eigenvalue weighted by Crippen LogP contribution is -2.36. The van der Waals surface area contributed by atoms with E-state index < -0.39 is 51.8 Å². The van der Waals surface area contributed by atoms with E-state index in [1.54, 1.807) is 11.5 Å². The van der Waals surface area contributed by atoms with Gasteiger partial charge in [-0.3, -0.25) is 9.36 Å². The van der Waals surface area contributed by atoms with Crippen LogP contribution in [0, 0.1) is 0 Å². The highest BCUT2D eigenvalue weighted by atomic mass is 31.2. The molecule has 0 aliphatic carbocycles. The molecule has 2 aromatic heterocycles. The molecule has 0 spiro atoms. The molecule has 0 aliphatic rings. The highest BCUT2D eigenvalue weighted by molar-refractivity contribution is 7.56. The van der Waals surface area contributed by atoms with E-state index in [2.05, 4.69) is 29.4 Å². The molecular formula is C15H26N7O5P. The van der Waals surface area contributed by atoms with Gasteiger partial charge in [0.2, 0.25) is 0 Å². The summed E-state index contributed by atoms with van der Waals surface area (Å²) in [4.78, 5) is 24.4. The lowest BCUT2D eigenvalue weighted by Gasteiger charge is -2.23. The normalized spacial score (nSPS) is 21.0. The van der Waals surface area contributed by atoms with Crippen LogP contribution in [-0.4, -0.2) is 50.1 Å². The van der Waals surface area contributed by atoms with E-state index in [1.165, 1.54) is 12.7 Å². The number of hydrogen-bond acceptors (Lipinski definition) is 10. The Morgan fingerprint density at radius 1 is 1.43 bits per heavy atom. The summed E-state index contributed by atoms with van der Waals surface area (Å²) in [5.74, 6) is 3.84. The lowest BCUT2D eigenvalue weighted by molar-refractivity contribution is -0.149. The highest BCUT2D eigenvalue weighted by Gasteiger charge is 2.30. The molecule has 2 rings (SSSR count). The molecule has 0 fully saturated rings. The Labute approximate surface area is 172 Å². The Kier molecular flexibility index (Phi) is 4.68. The number of aromatic nitrogens is 4. The van der Waals surface area contributed by atoms with Crippen molar-refractivity contribution in [2.45, 2.75) is 52.3 Å². The van der Waals surface area contributed by atoms with Crippen molar-refractivity contribution >= 4 is 30.5 Å². The van der Waals surface area contributed by atoms with E-state index >= 15 is 0 Å². The van der Waals surface area contributed by atoms with Gasteiger partial charge >= 0.3 is 13.5 Å². The van der Waals surface area contributed by atoms with Crippen molar-refractivity contribution in [3.8, 4) is 0 Å². The van der Waals surface area contributed by atoms with E-state index in [1.807, 2.05) is 0 Å². The fourth-order valence-corrected chi connectivity index (χ4v) is 3.56. The summed E-state index contributed by atoms with van der Waals surface area (Å²) in [6, 6.07) is -1.57. The Hall–Kier alpha value is -2.11. The quantitative estimate of drug-likeness (QED) is 0.281. The standard InChI is InChI=1S/C15H26N7O5P/c1-9(2)26-15(23)11(4)21-28(24,27-17)8-25-10(3)5-22-7-20-12-13(16)18-6-19-14(12)22/h6-7,9-11H,5,8,17H2,1-4H3,(H,21,24)(H2,16,18,19)/t10-,11+,28?/m1/s1/i1D3,2D3,9D. The summed E-state index contributed by atoms with van der Waals surface area (Å²) in [6.45, 7) is -4.05. The van der Waals surface area contributed by atoms with Gasteiger partial charge in [0, 0.05) is 8.22 Å². The van der Waals surface area contributed by atoms with E-state index in [4.69, 9.17) is 26.0 Å². The Morgan fingerprint density at radius 3 is 2.86 bits per heavy atom. The van der Waals surface area contributed by atoms with Crippen LogP contribution in [0.3, 0.4) is 0 Å². The van der Waals surface area contributed by atoms with Gasteiger partial charge in [-0.2, -0.15) is 0 Å². The number of imidazole rings is 1. The molecule has 0 aromatic carbocycles. The fourth-order valence-electron chi connectivity index (χ4n) is 2.22. The molecule has 0 bridgehead atoms. The molecule has 0 amide bonds. The number of carbonyl (C=O) groups excluding carboxylic acids is 1.